The van der Waals surface area contributed by atoms with Crippen molar-refractivity contribution >= 4 is 17.2 Å². The molecule has 0 unspecified atom stereocenters. The SMILES string of the molecule is Nc1ncc(C2CCCCC2)c(N)c1N. The van der Waals surface area contributed by atoms with Crippen LogP contribution in [-0.2, 0) is 0 Å². The number of pyridine rings is 1. The highest BCUT2D eigenvalue weighted by molar-refractivity contribution is 5.77. The summed E-state index contributed by atoms with van der Waals surface area (Å²) < 4.78 is 0. The van der Waals surface area contributed by atoms with Crippen LogP contribution in [0, 0.1) is 0 Å². The van der Waals surface area contributed by atoms with E-state index in [0.717, 1.165) is 5.56 Å². The molecule has 1 aliphatic rings. The van der Waals surface area contributed by atoms with Crippen LogP contribution in [0.2, 0.25) is 0 Å². The summed E-state index contributed by atoms with van der Waals surface area (Å²) in [6.07, 6.45) is 8.04. The van der Waals surface area contributed by atoms with Gasteiger partial charge in [0.2, 0.25) is 0 Å². The van der Waals surface area contributed by atoms with E-state index in [4.69, 9.17) is 17.2 Å². The summed E-state index contributed by atoms with van der Waals surface area (Å²) in [4.78, 5) is 4.09. The van der Waals surface area contributed by atoms with Gasteiger partial charge in [0, 0.05) is 6.20 Å². The summed E-state index contributed by atoms with van der Waals surface area (Å²) in [5, 5.41) is 0. The molecule has 1 aliphatic carbocycles. The van der Waals surface area contributed by atoms with Crippen LogP contribution in [0.25, 0.3) is 0 Å². The summed E-state index contributed by atoms with van der Waals surface area (Å²) in [6, 6.07) is 0. The van der Waals surface area contributed by atoms with Gasteiger partial charge in [-0.3, -0.25) is 0 Å². The van der Waals surface area contributed by atoms with E-state index in [1.54, 1.807) is 6.20 Å². The molecule has 2 rings (SSSR count). The molecule has 0 bridgehead atoms. The van der Waals surface area contributed by atoms with E-state index in [9.17, 15) is 0 Å². The van der Waals surface area contributed by atoms with Gasteiger partial charge >= 0.3 is 0 Å². The van der Waals surface area contributed by atoms with E-state index < -0.39 is 0 Å². The topological polar surface area (TPSA) is 90.9 Å². The molecule has 0 aromatic carbocycles. The van der Waals surface area contributed by atoms with E-state index >= 15 is 0 Å². The predicted octanol–water partition coefficient (Wildman–Crippen LogP) is 1.88. The lowest BCUT2D eigenvalue weighted by Crippen LogP contribution is -2.11. The van der Waals surface area contributed by atoms with E-state index in [1.807, 2.05) is 0 Å². The van der Waals surface area contributed by atoms with Crippen molar-refractivity contribution < 1.29 is 0 Å². The monoisotopic (exact) mass is 206 g/mol. The lowest BCUT2D eigenvalue weighted by atomic mass is 9.84. The molecular weight excluding hydrogens is 188 g/mol. The third-order valence-corrected chi connectivity index (χ3v) is 3.26. The molecule has 0 aliphatic heterocycles. The average molecular weight is 206 g/mol. The van der Waals surface area contributed by atoms with E-state index in [0.29, 0.717) is 23.1 Å². The molecule has 1 aromatic rings. The maximum Gasteiger partial charge on any atom is 0.148 e. The van der Waals surface area contributed by atoms with Gasteiger partial charge in [0.05, 0.1) is 11.4 Å². The van der Waals surface area contributed by atoms with Crippen LogP contribution in [0.5, 0.6) is 0 Å². The van der Waals surface area contributed by atoms with Gasteiger partial charge < -0.3 is 17.2 Å². The largest absolute Gasteiger partial charge is 0.397 e. The Morgan fingerprint density at radius 1 is 1.00 bits per heavy atom. The fraction of sp³-hybridized carbons (Fsp3) is 0.545. The van der Waals surface area contributed by atoms with Gasteiger partial charge in [0.15, 0.2) is 0 Å². The van der Waals surface area contributed by atoms with Gasteiger partial charge in [-0.05, 0) is 24.3 Å². The number of nitrogen functional groups attached to an aromatic ring is 3. The zero-order chi connectivity index (χ0) is 10.8. The molecule has 82 valence electrons. The van der Waals surface area contributed by atoms with E-state index in [-0.39, 0.29) is 0 Å². The minimum atomic E-state index is 0.340. The van der Waals surface area contributed by atoms with Crippen LogP contribution in [0.4, 0.5) is 17.2 Å². The lowest BCUT2D eigenvalue weighted by Gasteiger charge is -2.23. The number of nitrogens with zero attached hydrogens (tertiary/aromatic N) is 1. The third kappa shape index (κ3) is 1.84. The van der Waals surface area contributed by atoms with Crippen LogP contribution in [0.1, 0.15) is 43.6 Å². The molecule has 0 saturated heterocycles. The van der Waals surface area contributed by atoms with Gasteiger partial charge in [-0.1, -0.05) is 19.3 Å². The Hall–Kier alpha value is -1.45. The van der Waals surface area contributed by atoms with Crippen molar-refractivity contribution in [3.63, 3.8) is 0 Å². The molecule has 6 N–H and O–H groups in total. The summed E-state index contributed by atoms with van der Waals surface area (Å²) >= 11 is 0. The highest BCUT2D eigenvalue weighted by Gasteiger charge is 2.19. The highest BCUT2D eigenvalue weighted by Crippen LogP contribution is 2.37. The minimum absolute atomic E-state index is 0.340. The van der Waals surface area contributed by atoms with Gasteiger partial charge in [-0.2, -0.15) is 0 Å². The Labute approximate surface area is 89.9 Å². The number of rotatable bonds is 1. The molecule has 4 nitrogen and oxygen atoms in total. The Bertz CT molecular complexity index is 356. The molecule has 1 heterocycles. The Balaban J connectivity index is 2.31. The molecule has 1 aromatic heterocycles. The van der Waals surface area contributed by atoms with Crippen molar-refractivity contribution in [1.29, 1.82) is 0 Å². The first-order valence-electron chi connectivity index (χ1n) is 5.49. The van der Waals surface area contributed by atoms with Crippen LogP contribution in [-0.4, -0.2) is 4.98 Å². The van der Waals surface area contributed by atoms with Crippen molar-refractivity contribution in [2.45, 2.75) is 38.0 Å². The second-order valence-corrected chi connectivity index (χ2v) is 4.26. The predicted molar refractivity (Wildman–Crippen MR) is 63.3 cm³/mol. The zero-order valence-corrected chi connectivity index (χ0v) is 8.87. The summed E-state index contributed by atoms with van der Waals surface area (Å²) in [7, 11) is 0. The molecule has 4 heteroatoms. The Kier molecular flexibility index (Phi) is 2.66. The van der Waals surface area contributed by atoms with E-state index in [2.05, 4.69) is 4.98 Å². The molecular formula is C11H18N4. The second-order valence-electron chi connectivity index (χ2n) is 4.26. The zero-order valence-electron chi connectivity index (χ0n) is 8.87. The highest BCUT2D eigenvalue weighted by atomic mass is 14.9. The van der Waals surface area contributed by atoms with Crippen molar-refractivity contribution in [2.24, 2.45) is 0 Å². The Morgan fingerprint density at radius 2 is 1.67 bits per heavy atom. The molecule has 1 saturated carbocycles. The van der Waals surface area contributed by atoms with Gasteiger partial charge in [0.1, 0.15) is 5.82 Å². The van der Waals surface area contributed by atoms with Gasteiger partial charge in [-0.25, -0.2) is 4.98 Å². The molecule has 0 spiro atoms. The number of anilines is 3. The molecule has 0 atom stereocenters. The number of nitrogens with two attached hydrogens (primary N) is 3. The summed E-state index contributed by atoms with van der Waals surface area (Å²) in [5.41, 5.74) is 19.5. The van der Waals surface area contributed by atoms with Crippen LogP contribution in [0.15, 0.2) is 6.20 Å². The van der Waals surface area contributed by atoms with Crippen molar-refractivity contribution in [3.8, 4) is 0 Å². The summed E-state index contributed by atoms with van der Waals surface area (Å²) in [5.74, 6) is 0.862. The first kappa shape index (κ1) is 10.1. The number of hydrogen-bond donors (Lipinski definition) is 3. The van der Waals surface area contributed by atoms with Crippen molar-refractivity contribution in [3.05, 3.63) is 11.8 Å². The normalized spacial score (nSPS) is 17.9. The standard InChI is InChI=1S/C11H18N4/c12-9-8(6-15-11(14)10(9)13)7-4-2-1-3-5-7/h6-7H,1-5,13H2,(H4,12,14,15). The first-order valence-corrected chi connectivity index (χ1v) is 5.49. The van der Waals surface area contributed by atoms with Crippen molar-refractivity contribution in [2.75, 3.05) is 17.2 Å². The first-order chi connectivity index (χ1) is 7.20. The Morgan fingerprint density at radius 3 is 2.33 bits per heavy atom. The average Bonchev–Trinajstić information content (AvgIpc) is 2.27. The quantitative estimate of drug-likeness (QED) is 0.654. The number of hydrogen-bond acceptors (Lipinski definition) is 4. The molecule has 1 fully saturated rings. The van der Waals surface area contributed by atoms with E-state index in [1.165, 1.54) is 32.1 Å². The minimum Gasteiger partial charge on any atom is -0.397 e. The molecule has 0 radical (unpaired) electrons. The lowest BCUT2D eigenvalue weighted by molar-refractivity contribution is 0.444. The number of aromatic nitrogens is 1. The maximum absolute atomic E-state index is 5.97. The van der Waals surface area contributed by atoms with Gasteiger partial charge in [-0.15, -0.1) is 0 Å². The fourth-order valence-corrected chi connectivity index (χ4v) is 2.31. The van der Waals surface area contributed by atoms with Crippen molar-refractivity contribution in [1.82, 2.24) is 4.98 Å². The fourth-order valence-electron chi connectivity index (χ4n) is 2.31. The second kappa shape index (κ2) is 3.96. The maximum atomic E-state index is 5.97. The summed E-state index contributed by atoms with van der Waals surface area (Å²) in [6.45, 7) is 0. The van der Waals surface area contributed by atoms with Crippen LogP contribution in [0.3, 0.4) is 0 Å². The molecule has 15 heavy (non-hydrogen) atoms. The van der Waals surface area contributed by atoms with Gasteiger partial charge in [0.25, 0.3) is 0 Å². The molecule has 0 amide bonds. The van der Waals surface area contributed by atoms with Crippen LogP contribution < -0.4 is 17.2 Å². The third-order valence-electron chi connectivity index (χ3n) is 3.26. The smallest absolute Gasteiger partial charge is 0.148 e. The van der Waals surface area contributed by atoms with Crippen LogP contribution >= 0.6 is 0 Å².